The van der Waals surface area contributed by atoms with Crippen LogP contribution in [0.1, 0.15) is 28.8 Å². The minimum Gasteiger partial charge on any atom is -0.352 e. The maximum absolute atomic E-state index is 13.5. The van der Waals surface area contributed by atoms with Crippen LogP contribution in [0.15, 0.2) is 48.5 Å². The van der Waals surface area contributed by atoms with E-state index in [-0.39, 0.29) is 31.0 Å². The Kier molecular flexibility index (Phi) is 7.31. The highest BCUT2D eigenvalue weighted by molar-refractivity contribution is 5.94. The standard InChI is InChI=1S/C20H18F2N2O2/c21-16-10-11-17(18(22)14-16)20(26)24-13-5-9-19(25)23-12-4-8-15-6-2-1-3-7-15/h1-3,6-7,10-11,14H,5,9,12-13H2,(H,23,25)(H,24,26). The van der Waals surface area contributed by atoms with Gasteiger partial charge in [-0.1, -0.05) is 30.0 Å². The molecular formula is C20H18F2N2O2. The Morgan fingerprint density at radius 2 is 1.77 bits per heavy atom. The Labute approximate surface area is 150 Å². The van der Waals surface area contributed by atoms with Gasteiger partial charge >= 0.3 is 0 Å². The predicted molar refractivity (Wildman–Crippen MR) is 94.3 cm³/mol. The van der Waals surface area contributed by atoms with E-state index in [1.54, 1.807) is 0 Å². The van der Waals surface area contributed by atoms with Gasteiger partial charge < -0.3 is 10.6 Å². The smallest absolute Gasteiger partial charge is 0.254 e. The number of rotatable bonds is 6. The maximum Gasteiger partial charge on any atom is 0.254 e. The molecule has 0 atom stereocenters. The molecule has 0 aromatic heterocycles. The summed E-state index contributed by atoms with van der Waals surface area (Å²) in [5.41, 5.74) is 0.643. The monoisotopic (exact) mass is 356 g/mol. The summed E-state index contributed by atoms with van der Waals surface area (Å²) in [6.45, 7) is 0.444. The molecule has 0 heterocycles. The topological polar surface area (TPSA) is 58.2 Å². The minimum atomic E-state index is -0.919. The highest BCUT2D eigenvalue weighted by Gasteiger charge is 2.11. The van der Waals surface area contributed by atoms with Crippen molar-refractivity contribution >= 4 is 11.8 Å². The normalized spacial score (nSPS) is 9.77. The summed E-state index contributed by atoms with van der Waals surface area (Å²) in [6.07, 6.45) is 0.603. The fraction of sp³-hybridized carbons (Fsp3) is 0.200. The van der Waals surface area contributed by atoms with Crippen LogP contribution in [0.2, 0.25) is 0 Å². The molecule has 0 bridgehead atoms. The van der Waals surface area contributed by atoms with Crippen LogP contribution in [0.5, 0.6) is 0 Å². The molecule has 0 fully saturated rings. The third-order valence-electron chi connectivity index (χ3n) is 3.42. The minimum absolute atomic E-state index is 0.186. The lowest BCUT2D eigenvalue weighted by atomic mass is 10.2. The Bertz CT molecular complexity index is 827. The number of benzene rings is 2. The van der Waals surface area contributed by atoms with Crippen molar-refractivity contribution in [3.63, 3.8) is 0 Å². The number of carbonyl (C=O) groups is 2. The van der Waals surface area contributed by atoms with Gasteiger partial charge in [0.1, 0.15) is 11.6 Å². The van der Waals surface area contributed by atoms with Crippen LogP contribution in [0.25, 0.3) is 0 Å². The first-order valence-electron chi connectivity index (χ1n) is 8.10. The summed E-state index contributed by atoms with van der Waals surface area (Å²) >= 11 is 0. The van der Waals surface area contributed by atoms with Crippen molar-refractivity contribution in [3.8, 4) is 11.8 Å². The molecular weight excluding hydrogens is 338 g/mol. The number of carbonyl (C=O) groups excluding carboxylic acids is 2. The lowest BCUT2D eigenvalue weighted by Crippen LogP contribution is -2.28. The van der Waals surface area contributed by atoms with Crippen molar-refractivity contribution in [2.75, 3.05) is 13.1 Å². The van der Waals surface area contributed by atoms with Crippen LogP contribution in [-0.4, -0.2) is 24.9 Å². The van der Waals surface area contributed by atoms with Crippen molar-refractivity contribution < 1.29 is 18.4 Å². The second kappa shape index (κ2) is 9.94. The number of hydrogen-bond acceptors (Lipinski definition) is 2. The van der Waals surface area contributed by atoms with Gasteiger partial charge in [-0.25, -0.2) is 8.78 Å². The average molecular weight is 356 g/mol. The molecule has 0 aliphatic carbocycles. The number of amides is 2. The molecule has 26 heavy (non-hydrogen) atoms. The molecule has 0 aliphatic heterocycles. The Morgan fingerprint density at radius 3 is 2.50 bits per heavy atom. The summed E-state index contributed by atoms with van der Waals surface area (Å²) in [4.78, 5) is 23.4. The van der Waals surface area contributed by atoms with Gasteiger partial charge in [-0.2, -0.15) is 0 Å². The first-order valence-corrected chi connectivity index (χ1v) is 8.10. The molecule has 0 spiro atoms. The number of hydrogen-bond donors (Lipinski definition) is 2. The van der Waals surface area contributed by atoms with E-state index in [4.69, 9.17) is 0 Å². The molecule has 2 N–H and O–H groups in total. The van der Waals surface area contributed by atoms with Crippen molar-refractivity contribution in [2.24, 2.45) is 0 Å². The Morgan fingerprint density at radius 1 is 1.00 bits per heavy atom. The van der Waals surface area contributed by atoms with E-state index in [9.17, 15) is 18.4 Å². The van der Waals surface area contributed by atoms with Crippen LogP contribution in [0, 0.1) is 23.5 Å². The zero-order valence-electron chi connectivity index (χ0n) is 14.0. The molecule has 2 amide bonds. The summed E-state index contributed by atoms with van der Waals surface area (Å²) < 4.78 is 26.3. The summed E-state index contributed by atoms with van der Waals surface area (Å²) in [5, 5.41) is 5.16. The van der Waals surface area contributed by atoms with Crippen LogP contribution in [0.3, 0.4) is 0 Å². The van der Waals surface area contributed by atoms with E-state index in [2.05, 4.69) is 22.5 Å². The van der Waals surface area contributed by atoms with E-state index in [0.29, 0.717) is 12.5 Å². The van der Waals surface area contributed by atoms with Crippen LogP contribution >= 0.6 is 0 Å². The lowest BCUT2D eigenvalue weighted by molar-refractivity contribution is -0.120. The van der Waals surface area contributed by atoms with Gasteiger partial charge in [0.05, 0.1) is 12.1 Å². The van der Waals surface area contributed by atoms with Gasteiger partial charge in [0.15, 0.2) is 0 Å². The van der Waals surface area contributed by atoms with Crippen LogP contribution in [-0.2, 0) is 4.79 Å². The first kappa shape index (κ1) is 19.1. The highest BCUT2D eigenvalue weighted by Crippen LogP contribution is 2.09. The summed E-state index contributed by atoms with van der Waals surface area (Å²) in [7, 11) is 0. The summed E-state index contributed by atoms with van der Waals surface area (Å²) in [6, 6.07) is 12.2. The predicted octanol–water partition coefficient (Wildman–Crippen LogP) is 2.64. The van der Waals surface area contributed by atoms with Gasteiger partial charge in [-0.05, 0) is 30.7 Å². The molecule has 0 aliphatic rings. The Balaban J connectivity index is 1.64. The van der Waals surface area contributed by atoms with E-state index in [1.165, 1.54) is 0 Å². The van der Waals surface area contributed by atoms with Crippen molar-refractivity contribution in [1.82, 2.24) is 10.6 Å². The molecule has 2 rings (SSSR count). The molecule has 0 saturated carbocycles. The van der Waals surface area contributed by atoms with Gasteiger partial charge in [-0.15, -0.1) is 0 Å². The second-order valence-electron chi connectivity index (χ2n) is 5.43. The SMILES string of the molecule is O=C(CCCNC(=O)c1ccc(F)cc1F)NCC#Cc1ccccc1. The third-order valence-corrected chi connectivity index (χ3v) is 3.42. The molecule has 6 heteroatoms. The van der Waals surface area contributed by atoms with E-state index >= 15 is 0 Å². The van der Waals surface area contributed by atoms with E-state index in [0.717, 1.165) is 17.7 Å². The van der Waals surface area contributed by atoms with Crippen molar-refractivity contribution in [2.45, 2.75) is 12.8 Å². The van der Waals surface area contributed by atoms with Crippen molar-refractivity contribution in [3.05, 3.63) is 71.3 Å². The molecule has 0 saturated heterocycles. The second-order valence-corrected chi connectivity index (χ2v) is 5.43. The first-order chi connectivity index (χ1) is 12.6. The fourth-order valence-electron chi connectivity index (χ4n) is 2.12. The zero-order valence-corrected chi connectivity index (χ0v) is 14.0. The fourth-order valence-corrected chi connectivity index (χ4v) is 2.12. The van der Waals surface area contributed by atoms with E-state index in [1.807, 2.05) is 30.3 Å². The molecule has 2 aromatic rings. The van der Waals surface area contributed by atoms with E-state index < -0.39 is 17.5 Å². The average Bonchev–Trinajstić information content (AvgIpc) is 2.63. The lowest BCUT2D eigenvalue weighted by Gasteiger charge is -2.06. The van der Waals surface area contributed by atoms with Gasteiger partial charge in [0, 0.05) is 24.6 Å². The number of nitrogens with one attached hydrogen (secondary N) is 2. The Hall–Kier alpha value is -3.20. The van der Waals surface area contributed by atoms with Gasteiger partial charge in [0.25, 0.3) is 5.91 Å². The molecule has 0 unspecified atom stereocenters. The zero-order chi connectivity index (χ0) is 18.8. The summed E-state index contributed by atoms with van der Waals surface area (Å²) in [5.74, 6) is 3.28. The maximum atomic E-state index is 13.5. The van der Waals surface area contributed by atoms with Gasteiger partial charge in [0.2, 0.25) is 5.91 Å². The highest BCUT2D eigenvalue weighted by atomic mass is 19.1. The third kappa shape index (κ3) is 6.36. The molecule has 134 valence electrons. The molecule has 4 nitrogen and oxygen atoms in total. The van der Waals surface area contributed by atoms with Gasteiger partial charge in [-0.3, -0.25) is 9.59 Å². The van der Waals surface area contributed by atoms with Crippen LogP contribution in [0.4, 0.5) is 8.78 Å². The van der Waals surface area contributed by atoms with Crippen molar-refractivity contribution in [1.29, 1.82) is 0 Å². The molecule has 2 aromatic carbocycles. The quantitative estimate of drug-likeness (QED) is 0.618. The largest absolute Gasteiger partial charge is 0.352 e. The number of halogens is 2. The van der Waals surface area contributed by atoms with Crippen LogP contribution < -0.4 is 10.6 Å². The molecule has 0 radical (unpaired) electrons.